The molecule has 0 aliphatic heterocycles. The molecule has 0 saturated heterocycles. The first-order valence-electron chi connectivity index (χ1n) is 5.38. The zero-order valence-electron chi connectivity index (χ0n) is 8.55. The monoisotopic (exact) mass is 328 g/mol. The summed E-state index contributed by atoms with van der Waals surface area (Å²) >= 11 is 6.75. The second-order valence-corrected chi connectivity index (χ2v) is 6.85. The number of rotatable bonds is 2. The van der Waals surface area contributed by atoms with Gasteiger partial charge in [0.1, 0.15) is 0 Å². The minimum absolute atomic E-state index is 0.815. The van der Waals surface area contributed by atoms with Gasteiger partial charge in [-0.2, -0.15) is 0 Å². The number of halogens is 2. The Morgan fingerprint density at radius 3 is 2.20 bits per heavy atom. The lowest BCUT2D eigenvalue weighted by Crippen LogP contribution is -1.91. The van der Waals surface area contributed by atoms with E-state index in [0.29, 0.717) is 0 Å². The van der Waals surface area contributed by atoms with Gasteiger partial charge in [-0.05, 0) is 67.8 Å². The molecule has 1 saturated carbocycles. The van der Waals surface area contributed by atoms with E-state index in [9.17, 15) is 0 Å². The van der Waals surface area contributed by atoms with Crippen molar-refractivity contribution in [3.05, 3.63) is 38.8 Å². The highest BCUT2D eigenvalue weighted by molar-refractivity contribution is 9.28. The van der Waals surface area contributed by atoms with Crippen molar-refractivity contribution in [2.45, 2.75) is 31.6 Å². The van der Waals surface area contributed by atoms with E-state index in [-0.39, 0.29) is 0 Å². The lowest BCUT2D eigenvalue weighted by molar-refractivity contribution is 0.723. The minimum atomic E-state index is 0.815. The summed E-state index contributed by atoms with van der Waals surface area (Å²) < 4.78 is 0.989. The zero-order chi connectivity index (χ0) is 10.7. The van der Waals surface area contributed by atoms with Gasteiger partial charge < -0.3 is 0 Å². The van der Waals surface area contributed by atoms with Gasteiger partial charge in [-0.1, -0.05) is 37.1 Å². The Morgan fingerprint density at radius 1 is 1.07 bits per heavy atom. The van der Waals surface area contributed by atoms with Crippen molar-refractivity contribution in [1.82, 2.24) is 0 Å². The average molecular weight is 330 g/mol. The van der Waals surface area contributed by atoms with Crippen LogP contribution in [0.15, 0.2) is 27.7 Å². The molecular weight excluding hydrogens is 316 g/mol. The highest BCUT2D eigenvalue weighted by Gasteiger charge is 2.16. The summed E-state index contributed by atoms with van der Waals surface area (Å²) in [6, 6.07) is 8.92. The molecule has 0 aromatic heterocycles. The van der Waals surface area contributed by atoms with Gasteiger partial charge in [0, 0.05) is 0 Å². The maximum atomic E-state index is 3.37. The first kappa shape index (κ1) is 11.4. The fourth-order valence-electron chi connectivity index (χ4n) is 2.25. The van der Waals surface area contributed by atoms with E-state index < -0.39 is 0 Å². The van der Waals surface area contributed by atoms with Crippen LogP contribution in [0.4, 0.5) is 0 Å². The van der Waals surface area contributed by atoms with Crippen LogP contribution in [0, 0.1) is 0 Å². The Balaban J connectivity index is 2.13. The lowest BCUT2D eigenvalue weighted by atomic mass is 9.97. The predicted molar refractivity (Wildman–Crippen MR) is 73.5 cm³/mol. The summed E-state index contributed by atoms with van der Waals surface area (Å²) in [6.45, 7) is 0. The van der Waals surface area contributed by atoms with Gasteiger partial charge in [0.15, 0.2) is 0 Å². The maximum Gasteiger partial charge on any atom is 0.0610 e. The Kier molecular flexibility index (Phi) is 4.04. The van der Waals surface area contributed by atoms with Gasteiger partial charge >= 0.3 is 0 Å². The Morgan fingerprint density at radius 2 is 1.67 bits per heavy atom. The van der Waals surface area contributed by atoms with Crippen molar-refractivity contribution in [1.29, 1.82) is 0 Å². The van der Waals surface area contributed by atoms with Gasteiger partial charge in [0.05, 0.1) is 3.39 Å². The van der Waals surface area contributed by atoms with Gasteiger partial charge in [-0.15, -0.1) is 0 Å². The molecule has 0 bridgehead atoms. The second kappa shape index (κ2) is 5.31. The Hall–Kier alpha value is -0.0800. The molecule has 0 N–H and O–H groups in total. The molecule has 1 aliphatic carbocycles. The fourth-order valence-corrected chi connectivity index (χ4v) is 2.78. The first-order valence-corrected chi connectivity index (χ1v) is 6.97. The molecule has 2 rings (SSSR count). The molecule has 0 amide bonds. The third kappa shape index (κ3) is 3.18. The molecule has 1 aliphatic rings. The Bertz CT molecular complexity index is 341. The van der Waals surface area contributed by atoms with Crippen molar-refractivity contribution in [2.75, 3.05) is 0 Å². The average Bonchev–Trinajstić information content (AvgIpc) is 2.71. The van der Waals surface area contributed by atoms with Crippen LogP contribution in [-0.2, 0) is 0 Å². The quantitative estimate of drug-likeness (QED) is 0.678. The highest BCUT2D eigenvalue weighted by atomic mass is 79.9. The molecule has 0 radical (unpaired) electrons. The summed E-state index contributed by atoms with van der Waals surface area (Å²) in [5.41, 5.74) is 2.75. The van der Waals surface area contributed by atoms with Crippen LogP contribution in [0.3, 0.4) is 0 Å². The molecule has 0 atom stereocenters. The molecule has 0 nitrogen and oxygen atoms in total. The Labute approximate surface area is 108 Å². The van der Waals surface area contributed by atoms with Crippen LogP contribution >= 0.6 is 31.9 Å². The topological polar surface area (TPSA) is 0 Å². The summed E-state index contributed by atoms with van der Waals surface area (Å²) in [4.78, 5) is 0. The van der Waals surface area contributed by atoms with Crippen molar-refractivity contribution in [2.24, 2.45) is 0 Å². The van der Waals surface area contributed by atoms with Crippen molar-refractivity contribution >= 4 is 37.9 Å². The van der Waals surface area contributed by atoms with Gasteiger partial charge in [-0.3, -0.25) is 0 Å². The predicted octanol–water partition coefficient (Wildman–Crippen LogP) is 5.43. The molecule has 1 aromatic rings. The molecule has 0 unspecified atom stereocenters. The normalized spacial score (nSPS) is 16.7. The second-order valence-electron chi connectivity index (χ2n) is 4.08. The standard InChI is InChI=1S/C13H14Br2/c14-13(15)9-10-5-7-12(8-6-10)11-3-1-2-4-11/h5-9,11H,1-4H2. The van der Waals surface area contributed by atoms with Crippen LogP contribution in [0.2, 0.25) is 0 Å². The van der Waals surface area contributed by atoms with E-state index in [1.165, 1.54) is 36.8 Å². The van der Waals surface area contributed by atoms with E-state index in [0.717, 1.165) is 9.31 Å². The summed E-state index contributed by atoms with van der Waals surface area (Å²) in [7, 11) is 0. The van der Waals surface area contributed by atoms with Crippen LogP contribution < -0.4 is 0 Å². The van der Waals surface area contributed by atoms with E-state index in [1.807, 2.05) is 0 Å². The molecule has 80 valence electrons. The van der Waals surface area contributed by atoms with E-state index in [4.69, 9.17) is 0 Å². The molecule has 2 heteroatoms. The van der Waals surface area contributed by atoms with Crippen molar-refractivity contribution in [3.8, 4) is 0 Å². The molecule has 1 aromatic carbocycles. The third-order valence-corrected chi connectivity index (χ3v) is 3.50. The zero-order valence-corrected chi connectivity index (χ0v) is 11.7. The molecule has 15 heavy (non-hydrogen) atoms. The summed E-state index contributed by atoms with van der Waals surface area (Å²) in [5.74, 6) is 0.815. The number of hydrogen-bond donors (Lipinski definition) is 0. The van der Waals surface area contributed by atoms with Gasteiger partial charge in [0.25, 0.3) is 0 Å². The van der Waals surface area contributed by atoms with Crippen LogP contribution in [-0.4, -0.2) is 0 Å². The fraction of sp³-hybridized carbons (Fsp3) is 0.385. The summed E-state index contributed by atoms with van der Waals surface area (Å²) in [6.07, 6.45) is 7.62. The minimum Gasteiger partial charge on any atom is -0.0582 e. The molecule has 1 fully saturated rings. The number of benzene rings is 1. The smallest absolute Gasteiger partial charge is 0.0582 e. The van der Waals surface area contributed by atoms with E-state index in [2.05, 4.69) is 62.2 Å². The van der Waals surface area contributed by atoms with Crippen LogP contribution in [0.5, 0.6) is 0 Å². The van der Waals surface area contributed by atoms with Crippen LogP contribution in [0.25, 0.3) is 6.08 Å². The van der Waals surface area contributed by atoms with Gasteiger partial charge in [0.2, 0.25) is 0 Å². The lowest BCUT2D eigenvalue weighted by Gasteiger charge is -2.09. The van der Waals surface area contributed by atoms with E-state index in [1.54, 1.807) is 0 Å². The largest absolute Gasteiger partial charge is 0.0610 e. The van der Waals surface area contributed by atoms with E-state index >= 15 is 0 Å². The SMILES string of the molecule is BrC(Br)=Cc1ccc(C2CCCC2)cc1. The molecule has 0 heterocycles. The maximum absolute atomic E-state index is 3.37. The van der Waals surface area contributed by atoms with Crippen LogP contribution in [0.1, 0.15) is 42.7 Å². The summed E-state index contributed by atoms with van der Waals surface area (Å²) in [5, 5.41) is 0. The molecule has 0 spiro atoms. The highest BCUT2D eigenvalue weighted by Crippen LogP contribution is 2.34. The van der Waals surface area contributed by atoms with Gasteiger partial charge in [-0.25, -0.2) is 0 Å². The first-order chi connectivity index (χ1) is 7.25. The molecular formula is C13H14Br2. The number of hydrogen-bond acceptors (Lipinski definition) is 0. The van der Waals surface area contributed by atoms with Crippen molar-refractivity contribution < 1.29 is 0 Å². The third-order valence-electron chi connectivity index (χ3n) is 3.04. The van der Waals surface area contributed by atoms with Crippen molar-refractivity contribution in [3.63, 3.8) is 0 Å².